The van der Waals surface area contributed by atoms with Crippen LogP contribution in [0, 0.1) is 0 Å². The monoisotopic (exact) mass is 248 g/mol. The van der Waals surface area contributed by atoms with Crippen LogP contribution in [0.1, 0.15) is 35.8 Å². The zero-order valence-corrected chi connectivity index (χ0v) is 9.77. The van der Waals surface area contributed by atoms with E-state index in [0.717, 1.165) is 12.8 Å². The minimum atomic E-state index is -1.17. The van der Waals surface area contributed by atoms with Crippen molar-refractivity contribution in [2.45, 2.75) is 31.3 Å². The Labute approximate surface area is 103 Å². The predicted molar refractivity (Wildman–Crippen MR) is 61.7 cm³/mol. The van der Waals surface area contributed by atoms with Gasteiger partial charge < -0.3 is 9.84 Å². The molecule has 1 atom stereocenters. The second kappa shape index (κ2) is 3.44. The molecule has 1 saturated carbocycles. The largest absolute Gasteiger partial charge is 0.465 e. The molecule has 1 fully saturated rings. The molecule has 2 heterocycles. The molecule has 1 spiro atoms. The van der Waals surface area contributed by atoms with Crippen LogP contribution in [0.15, 0.2) is 12.1 Å². The van der Waals surface area contributed by atoms with Crippen LogP contribution in [0.4, 0.5) is 10.6 Å². The Kier molecular flexibility index (Phi) is 2.10. The van der Waals surface area contributed by atoms with Gasteiger partial charge in [0.1, 0.15) is 11.9 Å². The second-order valence-electron chi connectivity index (χ2n) is 4.73. The fourth-order valence-electron chi connectivity index (χ4n) is 2.49. The third-order valence-corrected chi connectivity index (χ3v) is 3.67. The lowest BCUT2D eigenvalue weighted by Crippen LogP contribution is -2.36. The highest BCUT2D eigenvalue weighted by Crippen LogP contribution is 2.54. The van der Waals surface area contributed by atoms with Crippen LogP contribution in [0.2, 0.25) is 0 Å². The summed E-state index contributed by atoms with van der Waals surface area (Å²) in [5, 5.41) is 10.9. The molecule has 0 saturated heterocycles. The average molecular weight is 248 g/mol. The summed E-state index contributed by atoms with van der Waals surface area (Å²) < 4.78 is 5.30. The van der Waals surface area contributed by atoms with Gasteiger partial charge in [0, 0.05) is 0 Å². The van der Waals surface area contributed by atoms with Crippen LogP contribution in [0.25, 0.3) is 0 Å². The van der Waals surface area contributed by atoms with E-state index in [1.165, 1.54) is 6.07 Å². The van der Waals surface area contributed by atoms with Crippen molar-refractivity contribution < 1.29 is 19.4 Å². The highest BCUT2D eigenvalue weighted by atomic mass is 16.5. The van der Waals surface area contributed by atoms with Gasteiger partial charge in [-0.2, -0.15) is 0 Å². The summed E-state index contributed by atoms with van der Waals surface area (Å²) in [6.07, 6.45) is 0.458. The molecule has 0 unspecified atom stereocenters. The molecule has 1 aromatic rings. The number of esters is 1. The number of cyclic esters (lactones) is 1. The number of pyridine rings is 1. The zero-order valence-electron chi connectivity index (χ0n) is 9.77. The van der Waals surface area contributed by atoms with E-state index in [-0.39, 0.29) is 23.3 Å². The smallest absolute Gasteiger partial charge is 0.410 e. The third kappa shape index (κ3) is 1.45. The van der Waals surface area contributed by atoms with Crippen LogP contribution in [-0.2, 0) is 10.2 Å². The Balaban J connectivity index is 2.08. The fourth-order valence-corrected chi connectivity index (χ4v) is 2.49. The summed E-state index contributed by atoms with van der Waals surface area (Å²) in [5.41, 5.74) is 0.901. The van der Waals surface area contributed by atoms with Gasteiger partial charge >= 0.3 is 12.1 Å². The minimum Gasteiger partial charge on any atom is -0.465 e. The van der Waals surface area contributed by atoms with Crippen molar-refractivity contribution in [2.75, 3.05) is 5.32 Å². The molecule has 1 aliphatic carbocycles. The van der Waals surface area contributed by atoms with Crippen molar-refractivity contribution in [3.63, 3.8) is 0 Å². The number of rotatable bonds is 1. The number of anilines is 1. The van der Waals surface area contributed by atoms with Crippen molar-refractivity contribution in [2.24, 2.45) is 0 Å². The van der Waals surface area contributed by atoms with E-state index < -0.39 is 6.09 Å². The SMILES string of the molecule is C[C@H]1OC(=O)c2ccc(NC(=O)O)nc2C12CC2. The Hall–Kier alpha value is -2.11. The lowest BCUT2D eigenvalue weighted by molar-refractivity contribution is 0.0183. The highest BCUT2D eigenvalue weighted by molar-refractivity contribution is 5.93. The van der Waals surface area contributed by atoms with Gasteiger partial charge in [0.2, 0.25) is 0 Å². The van der Waals surface area contributed by atoms with Crippen LogP contribution in [0.5, 0.6) is 0 Å². The van der Waals surface area contributed by atoms with Crippen LogP contribution in [0.3, 0.4) is 0 Å². The van der Waals surface area contributed by atoms with E-state index in [9.17, 15) is 9.59 Å². The first-order chi connectivity index (χ1) is 8.53. The van der Waals surface area contributed by atoms with Crippen molar-refractivity contribution in [3.8, 4) is 0 Å². The summed E-state index contributed by atoms with van der Waals surface area (Å²) in [6, 6.07) is 3.04. The van der Waals surface area contributed by atoms with Crippen LogP contribution >= 0.6 is 0 Å². The lowest BCUT2D eigenvalue weighted by atomic mass is 9.89. The number of ether oxygens (including phenoxy) is 1. The van der Waals surface area contributed by atoms with Crippen molar-refractivity contribution in [3.05, 3.63) is 23.4 Å². The molecular weight excluding hydrogens is 236 g/mol. The molecule has 1 aromatic heterocycles. The number of carboxylic acid groups (broad SMARTS) is 1. The number of amides is 1. The molecule has 6 nitrogen and oxygen atoms in total. The van der Waals surface area contributed by atoms with Crippen LogP contribution < -0.4 is 5.32 Å². The molecule has 2 N–H and O–H groups in total. The summed E-state index contributed by atoms with van der Waals surface area (Å²) in [5.74, 6) is -0.140. The van der Waals surface area contributed by atoms with Crippen molar-refractivity contribution >= 4 is 17.9 Å². The maximum atomic E-state index is 11.7. The molecule has 0 aromatic carbocycles. The number of hydrogen-bond acceptors (Lipinski definition) is 4. The van der Waals surface area contributed by atoms with Crippen LogP contribution in [-0.4, -0.2) is 28.3 Å². The maximum Gasteiger partial charge on any atom is 0.410 e. The summed E-state index contributed by atoms with van der Waals surface area (Å²) >= 11 is 0. The standard InChI is InChI=1S/C12H12N2O4/c1-6-12(4-5-12)9-7(10(15)18-6)2-3-8(13-9)14-11(16)17/h2-3,6H,4-5H2,1H3,(H,13,14)(H,16,17)/t6-/m1/s1. The van der Waals surface area contributed by atoms with Gasteiger partial charge in [-0.1, -0.05) is 0 Å². The molecule has 0 bridgehead atoms. The number of fused-ring (bicyclic) bond motifs is 2. The normalized spacial score (nSPS) is 23.2. The van der Waals surface area contributed by atoms with Gasteiger partial charge in [-0.25, -0.2) is 14.6 Å². The summed E-state index contributed by atoms with van der Waals surface area (Å²) in [6.45, 7) is 1.85. The third-order valence-electron chi connectivity index (χ3n) is 3.67. The summed E-state index contributed by atoms with van der Waals surface area (Å²) in [4.78, 5) is 26.6. The molecule has 18 heavy (non-hydrogen) atoms. The second-order valence-corrected chi connectivity index (χ2v) is 4.73. The van der Waals surface area contributed by atoms with Gasteiger partial charge in [-0.15, -0.1) is 0 Å². The minimum absolute atomic E-state index is 0.204. The van der Waals surface area contributed by atoms with Crippen molar-refractivity contribution in [1.29, 1.82) is 0 Å². The lowest BCUT2D eigenvalue weighted by Gasteiger charge is -2.30. The summed E-state index contributed by atoms with van der Waals surface area (Å²) in [7, 11) is 0. The Morgan fingerprint density at radius 3 is 2.89 bits per heavy atom. The number of carbonyl (C=O) groups is 2. The topological polar surface area (TPSA) is 88.5 Å². The first-order valence-electron chi connectivity index (χ1n) is 5.75. The quantitative estimate of drug-likeness (QED) is 0.739. The van der Waals surface area contributed by atoms with Gasteiger partial charge in [0.15, 0.2) is 0 Å². The molecule has 6 heteroatoms. The van der Waals surface area contributed by atoms with E-state index in [0.29, 0.717) is 11.3 Å². The van der Waals surface area contributed by atoms with E-state index in [2.05, 4.69) is 10.3 Å². The Morgan fingerprint density at radius 2 is 2.28 bits per heavy atom. The number of nitrogens with zero attached hydrogens (tertiary/aromatic N) is 1. The Bertz CT molecular complexity index is 551. The fraction of sp³-hybridized carbons (Fsp3) is 0.417. The molecule has 1 amide bonds. The zero-order chi connectivity index (χ0) is 12.9. The van der Waals surface area contributed by atoms with Gasteiger partial charge in [-0.05, 0) is 31.9 Å². The predicted octanol–water partition coefficient (Wildman–Crippen LogP) is 1.76. The van der Waals surface area contributed by atoms with E-state index in [1.54, 1.807) is 6.07 Å². The van der Waals surface area contributed by atoms with E-state index >= 15 is 0 Å². The first-order valence-corrected chi connectivity index (χ1v) is 5.75. The first kappa shape index (κ1) is 11.0. The van der Waals surface area contributed by atoms with Crippen molar-refractivity contribution in [1.82, 2.24) is 4.98 Å². The number of hydrogen-bond donors (Lipinski definition) is 2. The molecule has 2 aliphatic rings. The molecule has 1 aliphatic heterocycles. The molecule has 0 radical (unpaired) electrons. The molecular formula is C12H12N2O4. The molecule has 94 valence electrons. The van der Waals surface area contributed by atoms with Gasteiger partial charge in [0.25, 0.3) is 0 Å². The maximum absolute atomic E-state index is 11.7. The number of aromatic nitrogens is 1. The molecule has 3 rings (SSSR count). The van der Waals surface area contributed by atoms with E-state index in [4.69, 9.17) is 9.84 Å². The Morgan fingerprint density at radius 1 is 1.56 bits per heavy atom. The number of nitrogens with one attached hydrogen (secondary N) is 1. The average Bonchev–Trinajstić information content (AvgIpc) is 3.07. The van der Waals surface area contributed by atoms with E-state index in [1.807, 2.05) is 6.92 Å². The highest BCUT2D eigenvalue weighted by Gasteiger charge is 2.56. The van der Waals surface area contributed by atoms with Gasteiger partial charge in [-0.3, -0.25) is 5.32 Å². The number of carbonyl (C=O) groups excluding carboxylic acids is 1. The van der Waals surface area contributed by atoms with Gasteiger partial charge in [0.05, 0.1) is 16.7 Å².